The lowest BCUT2D eigenvalue weighted by molar-refractivity contribution is -0.113. The Balaban J connectivity index is 2.28. The number of aryl methyl sites for hydroxylation is 1. The predicted molar refractivity (Wildman–Crippen MR) is 73.6 cm³/mol. The molecule has 0 unspecified atom stereocenters. The summed E-state index contributed by atoms with van der Waals surface area (Å²) in [6, 6.07) is 4.33. The van der Waals surface area contributed by atoms with Crippen LogP contribution in [0, 0.1) is 23.3 Å². The maximum absolute atomic E-state index is 13.9. The van der Waals surface area contributed by atoms with Gasteiger partial charge in [0.1, 0.15) is 5.69 Å². The van der Waals surface area contributed by atoms with E-state index in [-0.39, 0.29) is 17.3 Å². The molecule has 3 nitrogen and oxygen atoms in total. The van der Waals surface area contributed by atoms with Gasteiger partial charge >= 0.3 is 5.91 Å². The highest BCUT2D eigenvalue weighted by atomic mass is 19.2. The lowest BCUT2D eigenvalue weighted by atomic mass is 10.1. The smallest absolute Gasteiger partial charge is 0.283 e. The van der Waals surface area contributed by atoms with E-state index in [0.717, 1.165) is 5.56 Å². The van der Waals surface area contributed by atoms with E-state index < -0.39 is 40.6 Å². The Morgan fingerprint density at radius 3 is 2.13 bits per heavy atom. The van der Waals surface area contributed by atoms with Crippen LogP contribution < -0.4 is 4.90 Å². The monoisotopic (exact) mass is 323 g/mol. The van der Waals surface area contributed by atoms with Crippen molar-refractivity contribution in [1.29, 1.82) is 0 Å². The van der Waals surface area contributed by atoms with Gasteiger partial charge in [-0.2, -0.15) is 0 Å². The number of ketones is 1. The van der Waals surface area contributed by atoms with E-state index in [1.807, 2.05) is 6.92 Å². The minimum Gasteiger partial charge on any atom is -0.283 e. The molecule has 2 aromatic rings. The van der Waals surface area contributed by atoms with Crippen LogP contribution in [0.15, 0.2) is 24.3 Å². The number of hydrogen-bond donors (Lipinski definition) is 0. The molecule has 3 rings (SSSR count). The fraction of sp³-hybridized carbons (Fsp3) is 0.125. The van der Waals surface area contributed by atoms with Crippen LogP contribution >= 0.6 is 0 Å². The van der Waals surface area contributed by atoms with Crippen molar-refractivity contribution in [3.8, 4) is 0 Å². The predicted octanol–water partition coefficient (Wildman–Crippen LogP) is 3.67. The fourth-order valence-electron chi connectivity index (χ4n) is 2.48. The molecule has 0 aliphatic carbocycles. The number of Topliss-reactive ketones (excluding diaryl/α,β-unsaturated/α-hetero) is 1. The van der Waals surface area contributed by atoms with Crippen molar-refractivity contribution in [2.75, 3.05) is 4.90 Å². The molecule has 0 fully saturated rings. The lowest BCUT2D eigenvalue weighted by Gasteiger charge is -2.18. The van der Waals surface area contributed by atoms with Crippen LogP contribution in [-0.4, -0.2) is 11.7 Å². The summed E-state index contributed by atoms with van der Waals surface area (Å²) < 4.78 is 54.7. The zero-order valence-corrected chi connectivity index (χ0v) is 11.8. The van der Waals surface area contributed by atoms with Crippen LogP contribution in [0.5, 0.6) is 0 Å². The summed E-state index contributed by atoms with van der Waals surface area (Å²) in [6.07, 6.45) is 0.575. The van der Waals surface area contributed by atoms with E-state index in [1.54, 1.807) is 6.07 Å². The number of hydrogen-bond acceptors (Lipinski definition) is 2. The molecule has 0 bridgehead atoms. The summed E-state index contributed by atoms with van der Waals surface area (Å²) in [5.41, 5.74) is -0.667. The number of anilines is 2. The summed E-state index contributed by atoms with van der Waals surface area (Å²) in [6.45, 7) is 1.82. The molecule has 1 aliphatic rings. The average Bonchev–Trinajstić information content (AvgIpc) is 2.78. The molecule has 0 spiro atoms. The molecule has 0 saturated heterocycles. The number of rotatable bonds is 2. The van der Waals surface area contributed by atoms with Gasteiger partial charge in [0.2, 0.25) is 0 Å². The molecular formula is C16H9F4NO2. The Kier molecular flexibility index (Phi) is 3.43. The van der Waals surface area contributed by atoms with Gasteiger partial charge in [0.05, 0.1) is 11.3 Å². The van der Waals surface area contributed by atoms with Crippen LogP contribution in [0.25, 0.3) is 0 Å². The molecule has 0 N–H and O–H groups in total. The summed E-state index contributed by atoms with van der Waals surface area (Å²) in [5, 5.41) is 0. The quantitative estimate of drug-likeness (QED) is 0.480. The summed E-state index contributed by atoms with van der Waals surface area (Å²) in [5.74, 6) is -9.04. The van der Waals surface area contributed by atoms with Gasteiger partial charge in [-0.15, -0.1) is 0 Å². The third-order valence-corrected chi connectivity index (χ3v) is 3.66. The van der Waals surface area contributed by atoms with Crippen LogP contribution in [0.2, 0.25) is 0 Å². The number of benzene rings is 2. The molecule has 1 amide bonds. The molecule has 23 heavy (non-hydrogen) atoms. The van der Waals surface area contributed by atoms with Gasteiger partial charge < -0.3 is 0 Å². The first-order chi connectivity index (χ1) is 10.9. The number of carbonyl (C=O) groups is 2. The van der Waals surface area contributed by atoms with Crippen molar-refractivity contribution in [3.63, 3.8) is 0 Å². The molecular weight excluding hydrogens is 314 g/mol. The fourth-order valence-corrected chi connectivity index (χ4v) is 2.48. The summed E-state index contributed by atoms with van der Waals surface area (Å²) in [4.78, 5) is 24.5. The van der Waals surface area contributed by atoms with Gasteiger partial charge in [0, 0.05) is 6.07 Å². The normalized spacial score (nSPS) is 13.7. The average molecular weight is 323 g/mol. The van der Waals surface area contributed by atoms with E-state index in [0.29, 0.717) is 11.3 Å². The molecule has 2 aromatic carbocycles. The van der Waals surface area contributed by atoms with Gasteiger partial charge in [0.15, 0.2) is 23.3 Å². The molecule has 1 heterocycles. The topological polar surface area (TPSA) is 37.4 Å². The molecule has 0 radical (unpaired) electrons. The molecule has 0 saturated carbocycles. The van der Waals surface area contributed by atoms with Crippen molar-refractivity contribution < 1.29 is 27.2 Å². The van der Waals surface area contributed by atoms with Crippen molar-refractivity contribution in [2.45, 2.75) is 13.3 Å². The number of halogens is 4. The standard InChI is InChI=1S/C16H9F4NO2/c1-2-7-3-4-11-8(5-7)15(22)16(23)21(11)14-12(19)9(17)6-10(18)13(14)20/h3-6H,2H2,1H3. The van der Waals surface area contributed by atoms with Gasteiger partial charge in [-0.3, -0.25) is 14.5 Å². The SMILES string of the molecule is CCc1ccc2c(c1)C(=O)C(=O)N2c1c(F)c(F)cc(F)c1F. The highest BCUT2D eigenvalue weighted by Gasteiger charge is 2.40. The third kappa shape index (κ3) is 2.11. The van der Waals surface area contributed by atoms with E-state index in [4.69, 9.17) is 0 Å². The van der Waals surface area contributed by atoms with E-state index in [2.05, 4.69) is 0 Å². The maximum atomic E-state index is 13.9. The number of amides is 1. The van der Waals surface area contributed by atoms with Gasteiger partial charge in [-0.25, -0.2) is 17.6 Å². The second kappa shape index (κ2) is 5.19. The van der Waals surface area contributed by atoms with Gasteiger partial charge in [0.25, 0.3) is 5.78 Å². The van der Waals surface area contributed by atoms with Crippen LogP contribution in [0.1, 0.15) is 22.8 Å². The number of carbonyl (C=O) groups excluding carboxylic acids is 2. The Labute approximate surface area is 128 Å². The van der Waals surface area contributed by atoms with Crippen molar-refractivity contribution in [3.05, 3.63) is 58.7 Å². The van der Waals surface area contributed by atoms with Crippen molar-refractivity contribution in [2.24, 2.45) is 0 Å². The van der Waals surface area contributed by atoms with E-state index in [1.165, 1.54) is 12.1 Å². The van der Waals surface area contributed by atoms with Gasteiger partial charge in [-0.1, -0.05) is 13.0 Å². The zero-order chi connectivity index (χ0) is 16.9. The Hall–Kier alpha value is -2.70. The molecule has 1 aliphatic heterocycles. The Morgan fingerprint density at radius 2 is 1.57 bits per heavy atom. The molecule has 118 valence electrons. The minimum atomic E-state index is -1.74. The Bertz CT molecular complexity index is 837. The highest BCUT2D eigenvalue weighted by molar-refractivity contribution is 6.53. The van der Waals surface area contributed by atoms with Gasteiger partial charge in [-0.05, 0) is 24.1 Å². The van der Waals surface area contributed by atoms with Crippen molar-refractivity contribution in [1.82, 2.24) is 0 Å². The molecule has 0 atom stereocenters. The lowest BCUT2D eigenvalue weighted by Crippen LogP contribution is -2.27. The second-order valence-electron chi connectivity index (χ2n) is 4.99. The van der Waals surface area contributed by atoms with E-state index >= 15 is 0 Å². The second-order valence-corrected chi connectivity index (χ2v) is 4.99. The molecule has 0 aromatic heterocycles. The zero-order valence-electron chi connectivity index (χ0n) is 11.8. The minimum absolute atomic E-state index is 0.0393. The maximum Gasteiger partial charge on any atom is 0.304 e. The van der Waals surface area contributed by atoms with Crippen molar-refractivity contribution >= 4 is 23.1 Å². The summed E-state index contributed by atoms with van der Waals surface area (Å²) >= 11 is 0. The number of nitrogens with zero attached hydrogens (tertiary/aromatic N) is 1. The largest absolute Gasteiger partial charge is 0.304 e. The van der Waals surface area contributed by atoms with E-state index in [9.17, 15) is 27.2 Å². The van der Waals surface area contributed by atoms with Crippen LogP contribution in [0.4, 0.5) is 28.9 Å². The highest BCUT2D eigenvalue weighted by Crippen LogP contribution is 2.39. The number of fused-ring (bicyclic) bond motifs is 1. The first-order valence-corrected chi connectivity index (χ1v) is 6.71. The first-order valence-electron chi connectivity index (χ1n) is 6.71. The molecule has 7 heteroatoms. The Morgan fingerprint density at radius 1 is 0.957 bits per heavy atom. The summed E-state index contributed by atoms with van der Waals surface area (Å²) in [7, 11) is 0. The van der Waals surface area contributed by atoms with Crippen LogP contribution in [0.3, 0.4) is 0 Å². The van der Waals surface area contributed by atoms with Crippen LogP contribution in [-0.2, 0) is 11.2 Å². The third-order valence-electron chi connectivity index (χ3n) is 3.66. The first kappa shape index (κ1) is 15.2.